The first kappa shape index (κ1) is 21.0. The fourth-order valence-electron chi connectivity index (χ4n) is 1.87. The van der Waals surface area contributed by atoms with Gasteiger partial charge in [-0.1, -0.05) is 36.7 Å². The lowest BCUT2D eigenvalue weighted by Gasteiger charge is -2.23. The lowest BCUT2D eigenvalue weighted by molar-refractivity contribution is -0.144. The van der Waals surface area contributed by atoms with Crippen LogP contribution in [0.2, 0.25) is 5.02 Å². The monoisotopic (exact) mass is 439 g/mol. The summed E-state index contributed by atoms with van der Waals surface area (Å²) in [6.45, 7) is 2.90. The van der Waals surface area contributed by atoms with Gasteiger partial charge in [-0.15, -0.1) is 24.0 Å². The quantitative estimate of drug-likeness (QED) is 0.332. The Balaban J connectivity index is 0.00000441. The van der Waals surface area contributed by atoms with Gasteiger partial charge in [-0.3, -0.25) is 9.79 Å². The number of ether oxygens (including phenoxy) is 1. The summed E-state index contributed by atoms with van der Waals surface area (Å²) in [5.41, 5.74) is 1.02. The maximum atomic E-state index is 11.4. The lowest BCUT2D eigenvalue weighted by atomic mass is 10.2. The summed E-state index contributed by atoms with van der Waals surface area (Å²) in [7, 11) is 5.01. The molecule has 0 aliphatic heterocycles. The zero-order valence-electron chi connectivity index (χ0n) is 13.3. The summed E-state index contributed by atoms with van der Waals surface area (Å²) < 4.78 is 4.70. The van der Waals surface area contributed by atoms with Crippen LogP contribution in [0.5, 0.6) is 0 Å². The molecule has 7 heteroatoms. The Hall–Kier alpha value is -1.02. The molecule has 124 valence electrons. The number of hydrogen-bond donors (Lipinski definition) is 1. The highest BCUT2D eigenvalue weighted by Gasteiger charge is 2.15. The van der Waals surface area contributed by atoms with E-state index in [1.165, 1.54) is 7.11 Å². The molecular weight excluding hydrogens is 417 g/mol. The first-order valence-corrected chi connectivity index (χ1v) is 7.10. The summed E-state index contributed by atoms with van der Waals surface area (Å²) in [6, 6.07) is 7.69. The van der Waals surface area contributed by atoms with E-state index in [1.807, 2.05) is 36.2 Å². The van der Waals surface area contributed by atoms with Gasteiger partial charge in [0.15, 0.2) is 5.96 Å². The van der Waals surface area contributed by atoms with E-state index < -0.39 is 0 Å². The zero-order chi connectivity index (χ0) is 15.8. The number of nitrogens with zero attached hydrogens (tertiary/aromatic N) is 2. The molecule has 0 heterocycles. The van der Waals surface area contributed by atoms with E-state index >= 15 is 0 Å². The maximum absolute atomic E-state index is 11.4. The average Bonchev–Trinajstić information content (AvgIpc) is 2.49. The molecule has 0 amide bonds. The van der Waals surface area contributed by atoms with Gasteiger partial charge in [0.25, 0.3) is 0 Å². The SMILES string of the molecule is CN=C(NCC(C)C(=O)OC)N(C)Cc1ccccc1Cl.I. The van der Waals surface area contributed by atoms with Crippen LogP contribution in [0.4, 0.5) is 0 Å². The van der Waals surface area contributed by atoms with Gasteiger partial charge >= 0.3 is 5.97 Å². The van der Waals surface area contributed by atoms with Crippen molar-refractivity contribution in [3.05, 3.63) is 34.9 Å². The molecule has 1 rings (SSSR count). The number of halogens is 2. The van der Waals surface area contributed by atoms with Gasteiger partial charge in [0.05, 0.1) is 13.0 Å². The van der Waals surface area contributed by atoms with Crippen molar-refractivity contribution in [2.24, 2.45) is 10.9 Å². The standard InChI is InChI=1S/C15H22ClN3O2.HI/c1-11(14(20)21-4)9-18-15(17-2)19(3)10-12-7-5-6-8-13(12)16;/h5-8,11H,9-10H2,1-4H3,(H,17,18);1H. The predicted molar refractivity (Wildman–Crippen MR) is 101 cm³/mol. The molecule has 1 unspecified atom stereocenters. The van der Waals surface area contributed by atoms with Crippen molar-refractivity contribution < 1.29 is 9.53 Å². The topological polar surface area (TPSA) is 53.9 Å². The van der Waals surface area contributed by atoms with Crippen molar-refractivity contribution in [1.82, 2.24) is 10.2 Å². The van der Waals surface area contributed by atoms with Crippen LogP contribution in [0.3, 0.4) is 0 Å². The van der Waals surface area contributed by atoms with E-state index in [-0.39, 0.29) is 35.9 Å². The van der Waals surface area contributed by atoms with Gasteiger partial charge in [0.1, 0.15) is 0 Å². The molecule has 1 atom stereocenters. The highest BCUT2D eigenvalue weighted by molar-refractivity contribution is 14.0. The minimum atomic E-state index is -0.244. The van der Waals surface area contributed by atoms with Crippen molar-refractivity contribution >= 4 is 47.5 Å². The summed E-state index contributed by atoms with van der Waals surface area (Å²) in [5, 5.41) is 3.88. The number of rotatable bonds is 5. The van der Waals surface area contributed by atoms with E-state index in [9.17, 15) is 4.79 Å². The molecule has 0 fully saturated rings. The minimum Gasteiger partial charge on any atom is -0.469 e. The molecule has 0 bridgehead atoms. The molecule has 0 spiro atoms. The molecule has 1 aromatic rings. The van der Waals surface area contributed by atoms with Crippen LogP contribution in [0.1, 0.15) is 12.5 Å². The van der Waals surface area contributed by atoms with E-state index in [0.717, 1.165) is 10.6 Å². The lowest BCUT2D eigenvalue weighted by Crippen LogP contribution is -2.41. The van der Waals surface area contributed by atoms with Gasteiger partial charge in [-0.2, -0.15) is 0 Å². The Kier molecular flexibility index (Phi) is 10.2. The molecule has 0 aliphatic carbocycles. The predicted octanol–water partition coefficient (Wildman–Crippen LogP) is 2.77. The minimum absolute atomic E-state index is 0. The second kappa shape index (κ2) is 10.7. The fourth-order valence-corrected chi connectivity index (χ4v) is 2.07. The average molecular weight is 440 g/mol. The van der Waals surface area contributed by atoms with Crippen molar-refractivity contribution in [2.75, 3.05) is 27.7 Å². The molecule has 0 radical (unpaired) electrons. The second-order valence-corrected chi connectivity index (χ2v) is 5.21. The molecule has 5 nitrogen and oxygen atoms in total. The Morgan fingerprint density at radius 1 is 1.45 bits per heavy atom. The molecule has 1 N–H and O–H groups in total. The molecule has 0 saturated carbocycles. The molecule has 0 aliphatic rings. The third kappa shape index (κ3) is 6.39. The third-order valence-corrected chi connectivity index (χ3v) is 3.48. The number of carbonyl (C=O) groups excluding carboxylic acids is 1. The summed E-state index contributed by atoms with van der Waals surface area (Å²) in [4.78, 5) is 17.5. The van der Waals surface area contributed by atoms with Gasteiger partial charge in [0.2, 0.25) is 0 Å². The largest absolute Gasteiger partial charge is 0.469 e. The van der Waals surface area contributed by atoms with E-state index in [1.54, 1.807) is 14.0 Å². The first-order valence-electron chi connectivity index (χ1n) is 6.72. The molecule has 1 aromatic carbocycles. The van der Waals surface area contributed by atoms with Crippen molar-refractivity contribution in [1.29, 1.82) is 0 Å². The Morgan fingerprint density at radius 2 is 2.09 bits per heavy atom. The van der Waals surface area contributed by atoms with Crippen LogP contribution >= 0.6 is 35.6 Å². The molecule has 0 saturated heterocycles. The number of nitrogens with one attached hydrogen (secondary N) is 1. The summed E-state index contributed by atoms with van der Waals surface area (Å²) in [5.74, 6) is 0.220. The van der Waals surface area contributed by atoms with Crippen molar-refractivity contribution in [3.63, 3.8) is 0 Å². The van der Waals surface area contributed by atoms with E-state index in [4.69, 9.17) is 16.3 Å². The molecule has 0 aromatic heterocycles. The van der Waals surface area contributed by atoms with Crippen molar-refractivity contribution in [3.8, 4) is 0 Å². The van der Waals surface area contributed by atoms with Gasteiger partial charge in [0, 0.05) is 32.2 Å². The van der Waals surface area contributed by atoms with Crippen molar-refractivity contribution in [2.45, 2.75) is 13.5 Å². The number of guanidine groups is 1. The number of aliphatic imine (C=N–C) groups is 1. The Bertz CT molecular complexity index is 511. The Morgan fingerprint density at radius 3 is 2.64 bits per heavy atom. The normalized spacial score (nSPS) is 12.1. The van der Waals surface area contributed by atoms with Crippen LogP contribution in [-0.4, -0.2) is 44.6 Å². The van der Waals surface area contributed by atoms with E-state index in [2.05, 4.69) is 10.3 Å². The van der Waals surface area contributed by atoms with Gasteiger partial charge in [-0.05, 0) is 11.6 Å². The summed E-state index contributed by atoms with van der Waals surface area (Å²) >= 11 is 6.16. The van der Waals surface area contributed by atoms with Crippen LogP contribution in [0, 0.1) is 5.92 Å². The first-order chi connectivity index (χ1) is 9.99. The maximum Gasteiger partial charge on any atom is 0.310 e. The van der Waals surface area contributed by atoms with Crippen LogP contribution < -0.4 is 5.32 Å². The number of carbonyl (C=O) groups is 1. The van der Waals surface area contributed by atoms with Gasteiger partial charge in [-0.25, -0.2) is 0 Å². The van der Waals surface area contributed by atoms with Crippen LogP contribution in [0.25, 0.3) is 0 Å². The van der Waals surface area contributed by atoms with Crippen LogP contribution in [0.15, 0.2) is 29.3 Å². The zero-order valence-corrected chi connectivity index (χ0v) is 16.4. The number of hydrogen-bond acceptors (Lipinski definition) is 3. The van der Waals surface area contributed by atoms with Gasteiger partial charge < -0.3 is 15.0 Å². The van der Waals surface area contributed by atoms with E-state index in [0.29, 0.717) is 19.0 Å². The van der Waals surface area contributed by atoms with Crippen LogP contribution in [-0.2, 0) is 16.1 Å². The molecule has 22 heavy (non-hydrogen) atoms. The third-order valence-electron chi connectivity index (χ3n) is 3.11. The number of benzene rings is 1. The molecular formula is C15H23ClIN3O2. The number of methoxy groups -OCH3 is 1. The summed E-state index contributed by atoms with van der Waals surface area (Å²) in [6.07, 6.45) is 0. The highest BCUT2D eigenvalue weighted by atomic mass is 127. The number of esters is 1. The highest BCUT2D eigenvalue weighted by Crippen LogP contribution is 2.16. The Labute approximate surface area is 154 Å². The smallest absolute Gasteiger partial charge is 0.310 e. The fraction of sp³-hybridized carbons (Fsp3) is 0.467. The second-order valence-electron chi connectivity index (χ2n) is 4.80.